The smallest absolute Gasteiger partial charge is 0.410 e. The molecule has 0 aromatic carbocycles. The number of rotatable bonds is 17. The third-order valence-electron chi connectivity index (χ3n) is 13.0. The molecule has 6 aliphatic heterocycles. The number of carbonyl (C=O) groups excluding carboxylic acids is 2. The largest absolute Gasteiger partial charge is 0.444 e. The predicted octanol–water partition coefficient (Wildman–Crippen LogP) is 8.40. The van der Waals surface area contributed by atoms with E-state index in [0.29, 0.717) is 90.0 Å². The summed E-state index contributed by atoms with van der Waals surface area (Å²) in [4.78, 5) is 42.9. The minimum atomic E-state index is -0.472. The number of ether oxygens (including phenoxy) is 8. The van der Waals surface area contributed by atoms with Crippen molar-refractivity contribution in [2.24, 2.45) is 0 Å². The monoisotopic (exact) mass is 949 g/mol. The summed E-state index contributed by atoms with van der Waals surface area (Å²) in [6.07, 6.45) is 20.0. The summed E-state index contributed by atoms with van der Waals surface area (Å²) in [7, 11) is 0. The Kier molecular flexibility index (Phi) is 19.2. The number of pyridine rings is 2. The molecular weight excluding hydrogens is 869 g/mol. The molecule has 16 heteroatoms. The van der Waals surface area contributed by atoms with Gasteiger partial charge in [0, 0.05) is 99.6 Å². The highest BCUT2D eigenvalue weighted by Crippen LogP contribution is 2.37. The highest BCUT2D eigenvalue weighted by Gasteiger charge is 2.44. The fraction of sp³-hybridized carbons (Fsp3) is 0.731. The van der Waals surface area contributed by atoms with Gasteiger partial charge < -0.3 is 57.5 Å². The second-order valence-electron chi connectivity index (χ2n) is 20.8. The first-order chi connectivity index (χ1) is 32.8. The zero-order valence-corrected chi connectivity index (χ0v) is 41.8. The van der Waals surface area contributed by atoms with Crippen LogP contribution in [0.3, 0.4) is 0 Å². The first kappa shape index (κ1) is 51.8. The third-order valence-corrected chi connectivity index (χ3v) is 13.0. The van der Waals surface area contributed by atoms with E-state index in [0.717, 1.165) is 94.5 Å². The lowest BCUT2D eigenvalue weighted by atomic mass is 10.1. The van der Waals surface area contributed by atoms with Gasteiger partial charge in [-0.25, -0.2) is 9.59 Å². The fourth-order valence-corrected chi connectivity index (χ4v) is 9.99. The molecule has 68 heavy (non-hydrogen) atoms. The maximum atomic E-state index is 12.6. The molecule has 4 bridgehead atoms. The molecule has 2 aromatic rings. The van der Waals surface area contributed by atoms with Crippen LogP contribution < -0.4 is 9.80 Å². The van der Waals surface area contributed by atoms with E-state index in [1.54, 1.807) is 0 Å². The number of carbonyl (C=O) groups is 2. The van der Waals surface area contributed by atoms with Gasteiger partial charge in [-0.2, -0.15) is 0 Å². The van der Waals surface area contributed by atoms with Gasteiger partial charge in [-0.05, 0) is 149 Å². The molecule has 0 N–H and O–H groups in total. The molecule has 0 aliphatic carbocycles. The number of amides is 2. The zero-order valence-electron chi connectivity index (χ0n) is 41.8. The molecule has 0 radical (unpaired) electrons. The number of likely N-dealkylation sites (tertiary alicyclic amines) is 2. The van der Waals surface area contributed by atoms with Crippen molar-refractivity contribution >= 4 is 29.6 Å². The quantitative estimate of drug-likeness (QED) is 0.140. The highest BCUT2D eigenvalue weighted by molar-refractivity contribution is 5.70. The van der Waals surface area contributed by atoms with Crippen molar-refractivity contribution in [3.8, 4) is 0 Å². The molecule has 0 spiro atoms. The summed E-state index contributed by atoms with van der Waals surface area (Å²) in [6.45, 7) is 19.4. The van der Waals surface area contributed by atoms with Gasteiger partial charge in [0.25, 0.3) is 0 Å². The van der Waals surface area contributed by atoms with Crippen molar-refractivity contribution in [3.63, 3.8) is 0 Å². The fourth-order valence-electron chi connectivity index (χ4n) is 9.99. The van der Waals surface area contributed by atoms with E-state index in [-0.39, 0.29) is 24.8 Å². The van der Waals surface area contributed by atoms with Gasteiger partial charge in [0.2, 0.25) is 0 Å². The lowest BCUT2D eigenvalue weighted by Crippen LogP contribution is -2.56. The second-order valence-corrected chi connectivity index (χ2v) is 20.8. The molecule has 0 saturated carbocycles. The summed E-state index contributed by atoms with van der Waals surface area (Å²) < 4.78 is 45.1. The molecule has 6 saturated heterocycles. The van der Waals surface area contributed by atoms with Crippen LogP contribution in [0.25, 0.3) is 6.08 Å². The van der Waals surface area contributed by atoms with Crippen LogP contribution in [0.5, 0.6) is 0 Å². The molecule has 378 valence electrons. The second kappa shape index (κ2) is 25.2. The molecule has 2 aromatic heterocycles. The number of aromatic nitrogens is 2. The van der Waals surface area contributed by atoms with Gasteiger partial charge in [-0.3, -0.25) is 9.97 Å². The molecule has 6 aliphatic rings. The van der Waals surface area contributed by atoms with Gasteiger partial charge >= 0.3 is 12.2 Å². The Bertz CT molecular complexity index is 1870. The first-order valence-electron chi connectivity index (χ1n) is 25.5. The van der Waals surface area contributed by atoms with E-state index in [1.165, 1.54) is 18.5 Å². The van der Waals surface area contributed by atoms with Crippen LogP contribution in [0.1, 0.15) is 124 Å². The maximum Gasteiger partial charge on any atom is 0.410 e. The van der Waals surface area contributed by atoms with Crippen LogP contribution in [-0.2, 0) is 44.3 Å². The number of fused-ring (bicyclic) bond motifs is 4. The van der Waals surface area contributed by atoms with Gasteiger partial charge in [0.15, 0.2) is 12.6 Å². The Morgan fingerprint density at radius 2 is 1.13 bits per heavy atom. The Morgan fingerprint density at radius 1 is 0.632 bits per heavy atom. The van der Waals surface area contributed by atoms with Crippen LogP contribution in [0.4, 0.5) is 21.0 Å². The van der Waals surface area contributed by atoms with E-state index in [9.17, 15) is 9.59 Å². The van der Waals surface area contributed by atoms with Crippen LogP contribution >= 0.6 is 0 Å². The van der Waals surface area contributed by atoms with E-state index in [2.05, 4.69) is 44.0 Å². The van der Waals surface area contributed by atoms with Crippen LogP contribution in [0, 0.1) is 0 Å². The van der Waals surface area contributed by atoms with E-state index in [4.69, 9.17) is 37.9 Å². The number of nitrogens with zero attached hydrogens (tertiary/aromatic N) is 6. The summed E-state index contributed by atoms with van der Waals surface area (Å²) in [5.74, 6) is 0. The van der Waals surface area contributed by atoms with Crippen molar-refractivity contribution in [1.82, 2.24) is 19.8 Å². The van der Waals surface area contributed by atoms with E-state index in [1.807, 2.05) is 75.9 Å². The number of aryl methyl sites for hydroxylation is 1. The minimum Gasteiger partial charge on any atom is -0.444 e. The van der Waals surface area contributed by atoms with Crippen molar-refractivity contribution in [1.29, 1.82) is 0 Å². The normalized spacial score (nSPS) is 25.1. The van der Waals surface area contributed by atoms with Crippen LogP contribution in [0.2, 0.25) is 0 Å². The molecule has 2 amide bonds. The molecule has 8 rings (SSSR count). The zero-order chi connectivity index (χ0) is 47.9. The van der Waals surface area contributed by atoms with Crippen molar-refractivity contribution in [2.75, 3.05) is 88.8 Å². The number of piperazine rings is 2. The van der Waals surface area contributed by atoms with E-state index < -0.39 is 11.2 Å². The SMILES string of the molecule is CC(C)(C)OC(=O)N1CC2CCC(C1)N2c1ccnc(/C=C/COCCOC2CCCCO2)c1.CC(C)(C)OC(=O)N1CC2CCC(C1)N2c1ccnc(CCCOCCOC2CCCCO2)c1. The van der Waals surface area contributed by atoms with Crippen molar-refractivity contribution < 1.29 is 47.5 Å². The van der Waals surface area contributed by atoms with Gasteiger partial charge in [0.1, 0.15) is 11.2 Å². The molecule has 16 nitrogen and oxygen atoms in total. The Balaban J connectivity index is 0.000000201. The van der Waals surface area contributed by atoms with Gasteiger partial charge in [-0.1, -0.05) is 6.08 Å². The highest BCUT2D eigenvalue weighted by atomic mass is 16.7. The average Bonchev–Trinajstić information content (AvgIpc) is 3.73. The summed E-state index contributed by atoms with van der Waals surface area (Å²) >= 11 is 0. The topological polar surface area (TPSA) is 147 Å². The molecular formula is C52H80N6O10. The molecule has 6 fully saturated rings. The van der Waals surface area contributed by atoms with Crippen LogP contribution in [-0.4, -0.2) is 159 Å². The average molecular weight is 949 g/mol. The number of hydrogen-bond donors (Lipinski definition) is 0. The van der Waals surface area contributed by atoms with Crippen molar-refractivity contribution in [3.05, 3.63) is 54.1 Å². The van der Waals surface area contributed by atoms with Gasteiger partial charge in [-0.15, -0.1) is 0 Å². The molecule has 8 heterocycles. The number of anilines is 2. The van der Waals surface area contributed by atoms with Crippen LogP contribution in [0.15, 0.2) is 42.7 Å². The number of hydrogen-bond acceptors (Lipinski definition) is 14. The first-order valence-corrected chi connectivity index (χ1v) is 25.5. The van der Waals surface area contributed by atoms with Gasteiger partial charge in [0.05, 0.1) is 38.7 Å². The van der Waals surface area contributed by atoms with Crippen molar-refractivity contribution in [2.45, 2.75) is 167 Å². The maximum absolute atomic E-state index is 12.6. The minimum absolute atomic E-state index is 0.0504. The Labute approximate surface area is 405 Å². The molecule has 6 atom stereocenters. The lowest BCUT2D eigenvalue weighted by molar-refractivity contribution is -0.169. The Hall–Kier alpha value is -4.06. The lowest BCUT2D eigenvalue weighted by Gasteiger charge is -2.42. The van der Waals surface area contributed by atoms with E-state index >= 15 is 0 Å². The Morgan fingerprint density at radius 3 is 1.63 bits per heavy atom. The summed E-state index contributed by atoms with van der Waals surface area (Å²) in [5, 5.41) is 0. The predicted molar refractivity (Wildman–Crippen MR) is 261 cm³/mol. The summed E-state index contributed by atoms with van der Waals surface area (Å²) in [6, 6.07) is 9.76. The third kappa shape index (κ3) is 16.0. The molecule has 6 unspecified atom stereocenters. The summed E-state index contributed by atoms with van der Waals surface area (Å²) in [5.41, 5.74) is 3.42. The standard InChI is InChI=1S/C26H41N3O5.C26H39N3O5/c2*1-26(2,3)34-25(30)28-18-22-9-10-23(19-28)29(22)21-11-12-27-20(17-21)7-6-13-31-15-16-33-24-8-4-5-14-32-24/h11-12,17,22-24H,4-10,13-16,18-19H2,1-3H3;6-7,11-12,17,22-24H,4-5,8-10,13-16,18-19H2,1-3H3/b;7-6+.